The SMILES string of the molecule is CCC1CCCCCN1c1nnc(C(C)NC)o1. The van der Waals surface area contributed by atoms with Gasteiger partial charge in [0.2, 0.25) is 5.89 Å². The van der Waals surface area contributed by atoms with E-state index in [1.165, 1.54) is 25.7 Å². The molecule has 102 valence electrons. The summed E-state index contributed by atoms with van der Waals surface area (Å²) in [4.78, 5) is 2.30. The van der Waals surface area contributed by atoms with Crippen LogP contribution in [0.2, 0.25) is 0 Å². The molecule has 2 atom stereocenters. The van der Waals surface area contributed by atoms with Crippen molar-refractivity contribution < 1.29 is 4.42 Å². The lowest BCUT2D eigenvalue weighted by Gasteiger charge is -2.27. The zero-order valence-corrected chi connectivity index (χ0v) is 11.6. The number of hydrogen-bond donors (Lipinski definition) is 1. The van der Waals surface area contributed by atoms with Gasteiger partial charge in [0, 0.05) is 12.6 Å². The lowest BCUT2D eigenvalue weighted by atomic mass is 10.1. The van der Waals surface area contributed by atoms with E-state index >= 15 is 0 Å². The van der Waals surface area contributed by atoms with Crippen molar-refractivity contribution in [2.75, 3.05) is 18.5 Å². The van der Waals surface area contributed by atoms with Crippen LogP contribution < -0.4 is 10.2 Å². The second-order valence-corrected chi connectivity index (χ2v) is 5.04. The summed E-state index contributed by atoms with van der Waals surface area (Å²) in [7, 11) is 1.90. The Morgan fingerprint density at radius 1 is 1.39 bits per heavy atom. The quantitative estimate of drug-likeness (QED) is 0.892. The van der Waals surface area contributed by atoms with Crippen LogP contribution in [0.1, 0.15) is 57.9 Å². The van der Waals surface area contributed by atoms with Crippen molar-refractivity contribution in [3.63, 3.8) is 0 Å². The Balaban J connectivity index is 2.14. The summed E-state index contributed by atoms with van der Waals surface area (Å²) in [5.74, 6) is 0.673. The molecule has 1 aliphatic heterocycles. The molecule has 1 aromatic heterocycles. The number of aromatic nitrogens is 2. The number of hydrogen-bond acceptors (Lipinski definition) is 5. The van der Waals surface area contributed by atoms with E-state index in [1.807, 2.05) is 14.0 Å². The number of anilines is 1. The Hall–Kier alpha value is -1.10. The van der Waals surface area contributed by atoms with Gasteiger partial charge in [0.25, 0.3) is 0 Å². The predicted octanol–water partition coefficient (Wildman–Crippen LogP) is 2.51. The molecule has 1 saturated heterocycles. The molecule has 2 unspecified atom stereocenters. The van der Waals surface area contributed by atoms with Crippen molar-refractivity contribution in [1.82, 2.24) is 15.5 Å². The second-order valence-electron chi connectivity index (χ2n) is 5.04. The van der Waals surface area contributed by atoms with Gasteiger partial charge in [0.1, 0.15) is 0 Å². The van der Waals surface area contributed by atoms with Crippen molar-refractivity contribution in [3.05, 3.63) is 5.89 Å². The highest BCUT2D eigenvalue weighted by atomic mass is 16.4. The molecule has 0 aromatic carbocycles. The average Bonchev–Trinajstić information content (AvgIpc) is 2.76. The standard InChI is InChI=1S/C13H24N4O/c1-4-11-8-6-5-7-9-17(11)13-16-15-12(18-13)10(2)14-3/h10-11,14H,4-9H2,1-3H3. The van der Waals surface area contributed by atoms with Crippen LogP contribution in [0.4, 0.5) is 6.01 Å². The molecule has 5 heteroatoms. The van der Waals surface area contributed by atoms with E-state index in [0.717, 1.165) is 13.0 Å². The zero-order valence-electron chi connectivity index (χ0n) is 11.6. The van der Waals surface area contributed by atoms with Gasteiger partial charge < -0.3 is 14.6 Å². The molecule has 1 aliphatic rings. The number of rotatable bonds is 4. The van der Waals surface area contributed by atoms with Crippen LogP contribution in [-0.2, 0) is 0 Å². The summed E-state index contributed by atoms with van der Waals surface area (Å²) in [6, 6.07) is 1.35. The first-order valence-corrected chi connectivity index (χ1v) is 7.03. The molecule has 2 rings (SSSR count). The molecule has 0 saturated carbocycles. The van der Waals surface area contributed by atoms with E-state index in [1.54, 1.807) is 0 Å². The predicted molar refractivity (Wildman–Crippen MR) is 71.7 cm³/mol. The topological polar surface area (TPSA) is 54.2 Å². The maximum atomic E-state index is 5.80. The first-order chi connectivity index (χ1) is 8.76. The van der Waals surface area contributed by atoms with Crippen molar-refractivity contribution in [2.24, 2.45) is 0 Å². The third-order valence-electron chi connectivity index (χ3n) is 3.83. The van der Waals surface area contributed by atoms with Gasteiger partial charge in [-0.2, -0.15) is 0 Å². The summed E-state index contributed by atoms with van der Waals surface area (Å²) < 4.78 is 5.80. The molecule has 0 bridgehead atoms. The lowest BCUT2D eigenvalue weighted by Crippen LogP contribution is -2.34. The highest BCUT2D eigenvalue weighted by Gasteiger charge is 2.24. The number of nitrogens with one attached hydrogen (secondary N) is 1. The fourth-order valence-corrected chi connectivity index (χ4v) is 2.49. The van der Waals surface area contributed by atoms with Crippen LogP contribution in [0.5, 0.6) is 0 Å². The average molecular weight is 252 g/mol. The first-order valence-electron chi connectivity index (χ1n) is 7.03. The van der Waals surface area contributed by atoms with Crippen molar-refractivity contribution in [3.8, 4) is 0 Å². The van der Waals surface area contributed by atoms with Gasteiger partial charge in [-0.25, -0.2) is 0 Å². The molecule has 0 aliphatic carbocycles. The van der Waals surface area contributed by atoms with Crippen LogP contribution in [0.25, 0.3) is 0 Å². The first kappa shape index (κ1) is 13.3. The Morgan fingerprint density at radius 2 is 2.22 bits per heavy atom. The molecule has 1 N–H and O–H groups in total. The Morgan fingerprint density at radius 3 is 2.94 bits per heavy atom. The van der Waals surface area contributed by atoms with Gasteiger partial charge in [-0.15, -0.1) is 5.10 Å². The van der Waals surface area contributed by atoms with Crippen LogP contribution in [0.15, 0.2) is 4.42 Å². The maximum absolute atomic E-state index is 5.80. The van der Waals surface area contributed by atoms with Gasteiger partial charge in [-0.1, -0.05) is 24.9 Å². The highest BCUT2D eigenvalue weighted by Crippen LogP contribution is 2.25. The summed E-state index contributed by atoms with van der Waals surface area (Å²) in [5.41, 5.74) is 0. The highest BCUT2D eigenvalue weighted by molar-refractivity contribution is 5.27. The summed E-state index contributed by atoms with van der Waals surface area (Å²) in [6.07, 6.45) is 6.20. The molecule has 0 radical (unpaired) electrons. The summed E-state index contributed by atoms with van der Waals surface area (Å²) >= 11 is 0. The van der Waals surface area contributed by atoms with Crippen LogP contribution in [-0.4, -0.2) is 29.8 Å². The smallest absolute Gasteiger partial charge is 0.318 e. The Kier molecular flexibility index (Phi) is 4.58. The third kappa shape index (κ3) is 2.83. The Labute approximate surface area is 109 Å². The van der Waals surface area contributed by atoms with Crippen LogP contribution >= 0.6 is 0 Å². The molecule has 5 nitrogen and oxygen atoms in total. The van der Waals surface area contributed by atoms with Gasteiger partial charge >= 0.3 is 6.01 Å². The fraction of sp³-hybridized carbons (Fsp3) is 0.846. The lowest BCUT2D eigenvalue weighted by molar-refractivity contribution is 0.415. The van der Waals surface area contributed by atoms with Crippen molar-refractivity contribution >= 4 is 6.01 Å². The molecular formula is C13H24N4O. The monoisotopic (exact) mass is 252 g/mol. The van der Waals surface area contributed by atoms with E-state index < -0.39 is 0 Å². The molecule has 18 heavy (non-hydrogen) atoms. The van der Waals surface area contributed by atoms with Crippen molar-refractivity contribution in [2.45, 2.75) is 58.0 Å². The molecule has 2 heterocycles. The third-order valence-corrected chi connectivity index (χ3v) is 3.83. The van der Waals surface area contributed by atoms with Crippen LogP contribution in [0.3, 0.4) is 0 Å². The van der Waals surface area contributed by atoms with Gasteiger partial charge in [0.15, 0.2) is 0 Å². The molecular weight excluding hydrogens is 228 g/mol. The molecule has 1 aromatic rings. The van der Waals surface area contributed by atoms with E-state index in [9.17, 15) is 0 Å². The van der Waals surface area contributed by atoms with E-state index in [-0.39, 0.29) is 6.04 Å². The normalized spacial score (nSPS) is 22.8. The summed E-state index contributed by atoms with van der Waals surface area (Å²) in [6.45, 7) is 5.29. The van der Waals surface area contributed by atoms with Crippen molar-refractivity contribution in [1.29, 1.82) is 0 Å². The van der Waals surface area contributed by atoms with Gasteiger partial charge in [-0.05, 0) is 33.2 Å². The largest absolute Gasteiger partial charge is 0.406 e. The van der Waals surface area contributed by atoms with Crippen LogP contribution in [0, 0.1) is 0 Å². The minimum absolute atomic E-state index is 0.110. The van der Waals surface area contributed by atoms with Gasteiger partial charge in [-0.3, -0.25) is 0 Å². The summed E-state index contributed by atoms with van der Waals surface area (Å²) in [5, 5.41) is 11.5. The molecule has 0 spiro atoms. The van der Waals surface area contributed by atoms with E-state index in [4.69, 9.17) is 4.42 Å². The minimum Gasteiger partial charge on any atom is -0.406 e. The van der Waals surface area contributed by atoms with E-state index in [2.05, 4.69) is 27.3 Å². The van der Waals surface area contributed by atoms with Gasteiger partial charge in [0.05, 0.1) is 6.04 Å². The molecule has 0 amide bonds. The zero-order chi connectivity index (χ0) is 13.0. The molecule has 1 fully saturated rings. The second kappa shape index (κ2) is 6.18. The maximum Gasteiger partial charge on any atom is 0.318 e. The minimum atomic E-state index is 0.110. The Bertz CT molecular complexity index is 366. The number of nitrogens with zero attached hydrogens (tertiary/aromatic N) is 3. The van der Waals surface area contributed by atoms with E-state index in [0.29, 0.717) is 17.9 Å². The fourth-order valence-electron chi connectivity index (χ4n) is 2.49.